The fourth-order valence-corrected chi connectivity index (χ4v) is 4.73. The number of halogens is 8. The van der Waals surface area contributed by atoms with Crippen LogP contribution in [-0.4, -0.2) is 16.8 Å². The number of rotatable bonds is 5. The smallest absolute Gasteiger partial charge is 0.341 e. The quantitative estimate of drug-likeness (QED) is 0.233. The van der Waals surface area contributed by atoms with Crippen LogP contribution < -0.4 is 10.6 Å². The van der Waals surface area contributed by atoms with Crippen molar-refractivity contribution in [3.8, 4) is 11.1 Å². The molecule has 5 nitrogen and oxygen atoms in total. The summed E-state index contributed by atoms with van der Waals surface area (Å²) < 4.78 is 94.5. The van der Waals surface area contributed by atoms with E-state index in [-0.39, 0.29) is 44.6 Å². The Hall–Kier alpha value is -4.45. The molecule has 2 amide bonds. The second kappa shape index (κ2) is 10.5. The zero-order valence-electron chi connectivity index (χ0n) is 20.3. The van der Waals surface area contributed by atoms with E-state index in [1.54, 1.807) is 0 Å². The summed E-state index contributed by atoms with van der Waals surface area (Å²) in [7, 11) is 0. The minimum Gasteiger partial charge on any atom is -0.341 e. The van der Waals surface area contributed by atoms with Gasteiger partial charge in [0, 0.05) is 39.2 Å². The van der Waals surface area contributed by atoms with Crippen molar-refractivity contribution in [2.45, 2.75) is 18.6 Å². The fourth-order valence-electron chi connectivity index (χ4n) is 4.50. The van der Waals surface area contributed by atoms with Crippen LogP contribution >= 0.6 is 11.6 Å². The number of anilines is 1. The zero-order valence-corrected chi connectivity index (χ0v) is 21.0. The van der Waals surface area contributed by atoms with Crippen LogP contribution in [0.2, 0.25) is 5.02 Å². The van der Waals surface area contributed by atoms with E-state index < -0.39 is 58.9 Å². The molecule has 2 heterocycles. The van der Waals surface area contributed by atoms with Crippen molar-refractivity contribution in [1.82, 2.24) is 10.3 Å². The minimum atomic E-state index is -4.95. The fraction of sp³-hybridized carbons (Fsp3) is 0.107. The van der Waals surface area contributed by atoms with E-state index in [1.807, 2.05) is 0 Å². The van der Waals surface area contributed by atoms with Crippen LogP contribution in [-0.2, 0) is 6.18 Å². The van der Waals surface area contributed by atoms with E-state index in [1.165, 1.54) is 24.3 Å². The Morgan fingerprint density at radius 3 is 2.41 bits per heavy atom. The molecule has 3 aromatic carbocycles. The molecule has 0 radical (unpaired) electrons. The molecule has 41 heavy (non-hydrogen) atoms. The first kappa shape index (κ1) is 28.1. The van der Waals surface area contributed by atoms with Crippen molar-refractivity contribution in [1.29, 1.82) is 0 Å². The number of pyridine rings is 1. The second-order valence-corrected chi connectivity index (χ2v) is 9.42. The molecular formula is C28H15ClF7N3O2. The largest absolute Gasteiger partial charge is 0.416 e. The number of hydrogen-bond acceptors (Lipinski definition) is 3. The van der Waals surface area contributed by atoms with Crippen LogP contribution in [0.5, 0.6) is 0 Å². The van der Waals surface area contributed by atoms with Gasteiger partial charge in [0.1, 0.15) is 17.3 Å². The number of alkyl halides is 5. The van der Waals surface area contributed by atoms with Gasteiger partial charge in [-0.25, -0.2) is 17.6 Å². The Morgan fingerprint density at radius 2 is 1.71 bits per heavy atom. The van der Waals surface area contributed by atoms with Gasteiger partial charge in [0.05, 0.1) is 11.6 Å². The van der Waals surface area contributed by atoms with Crippen molar-refractivity contribution < 1.29 is 40.3 Å². The molecule has 5 rings (SSSR count). The summed E-state index contributed by atoms with van der Waals surface area (Å²) in [5.41, 5.74) is -2.31. The predicted molar refractivity (Wildman–Crippen MR) is 135 cm³/mol. The van der Waals surface area contributed by atoms with E-state index in [9.17, 15) is 40.3 Å². The highest BCUT2D eigenvalue weighted by molar-refractivity contribution is 6.31. The van der Waals surface area contributed by atoms with Crippen LogP contribution in [0, 0.1) is 11.6 Å². The average Bonchev–Trinajstić information content (AvgIpc) is 3.25. The van der Waals surface area contributed by atoms with Gasteiger partial charge in [-0.2, -0.15) is 13.2 Å². The standard InChI is InChI=1S/C28H15ClF7N3O2/c29-20-2-1-16(30)11-18(20)24-23-19(27(41)39-24)7-13(12-3-4-37-22(8-12)25(32)33)9-21(23)38-26(40)14-5-15(28(34,35)36)10-17(31)6-14/h1-11,24-25H,(H,38,40)(H,39,41). The molecule has 0 bridgehead atoms. The highest BCUT2D eigenvalue weighted by atomic mass is 35.5. The molecule has 0 saturated heterocycles. The first-order valence-corrected chi connectivity index (χ1v) is 12.1. The van der Waals surface area contributed by atoms with E-state index in [0.29, 0.717) is 12.1 Å². The molecule has 2 N–H and O–H groups in total. The lowest BCUT2D eigenvalue weighted by Gasteiger charge is -2.19. The summed E-state index contributed by atoms with van der Waals surface area (Å²) in [4.78, 5) is 29.8. The molecule has 1 unspecified atom stereocenters. The summed E-state index contributed by atoms with van der Waals surface area (Å²) in [6.45, 7) is 0. The topological polar surface area (TPSA) is 71.1 Å². The van der Waals surface area contributed by atoms with Gasteiger partial charge in [-0.05, 0) is 71.8 Å². The molecule has 0 aliphatic carbocycles. The van der Waals surface area contributed by atoms with Gasteiger partial charge in [-0.3, -0.25) is 14.6 Å². The van der Waals surface area contributed by atoms with Gasteiger partial charge in [0.15, 0.2) is 0 Å². The molecule has 1 atom stereocenters. The third-order valence-electron chi connectivity index (χ3n) is 6.33. The number of carbonyl (C=O) groups excluding carboxylic acids is 2. The summed E-state index contributed by atoms with van der Waals surface area (Å²) in [6.07, 6.45) is -6.75. The lowest BCUT2D eigenvalue weighted by Crippen LogP contribution is -2.21. The van der Waals surface area contributed by atoms with E-state index in [4.69, 9.17) is 11.6 Å². The minimum absolute atomic E-state index is 0.0474. The SMILES string of the molecule is O=C(Nc1cc(-c2ccnc(C(F)F)c2)cc2c1C(c1cc(F)ccc1Cl)NC2=O)c1cc(F)cc(C(F)(F)F)c1. The number of carbonyl (C=O) groups is 2. The number of fused-ring (bicyclic) bond motifs is 1. The Bertz CT molecular complexity index is 1710. The van der Waals surface area contributed by atoms with Gasteiger partial charge in [0.25, 0.3) is 18.2 Å². The van der Waals surface area contributed by atoms with Crippen LogP contribution in [0.4, 0.5) is 36.4 Å². The molecule has 0 fully saturated rings. The third kappa shape index (κ3) is 5.60. The molecule has 0 saturated carbocycles. The summed E-state index contributed by atoms with van der Waals surface area (Å²) in [5.74, 6) is -3.86. The maximum atomic E-state index is 14.1. The number of benzene rings is 3. The molecule has 1 aliphatic heterocycles. The molecule has 1 aliphatic rings. The zero-order chi connectivity index (χ0) is 29.6. The second-order valence-electron chi connectivity index (χ2n) is 9.01. The first-order chi connectivity index (χ1) is 19.3. The number of nitrogens with zero attached hydrogens (tertiary/aromatic N) is 1. The molecular weight excluding hydrogens is 579 g/mol. The van der Waals surface area contributed by atoms with Crippen molar-refractivity contribution >= 4 is 29.1 Å². The van der Waals surface area contributed by atoms with Crippen LogP contribution in [0.3, 0.4) is 0 Å². The van der Waals surface area contributed by atoms with Crippen molar-refractivity contribution in [3.05, 3.63) is 117 Å². The van der Waals surface area contributed by atoms with Crippen LogP contribution in [0.15, 0.2) is 66.9 Å². The highest BCUT2D eigenvalue weighted by Gasteiger charge is 2.36. The Balaban J connectivity index is 1.67. The van der Waals surface area contributed by atoms with E-state index >= 15 is 0 Å². The van der Waals surface area contributed by atoms with Gasteiger partial charge in [-0.15, -0.1) is 0 Å². The number of amides is 2. The van der Waals surface area contributed by atoms with Crippen LogP contribution in [0.25, 0.3) is 11.1 Å². The highest BCUT2D eigenvalue weighted by Crippen LogP contribution is 2.42. The summed E-state index contributed by atoms with van der Waals surface area (Å²) in [6, 6.07) is 8.63. The first-order valence-electron chi connectivity index (χ1n) is 11.7. The molecule has 4 aromatic rings. The molecule has 1 aromatic heterocycles. The molecule has 13 heteroatoms. The molecule has 0 spiro atoms. The maximum Gasteiger partial charge on any atom is 0.416 e. The normalized spacial score (nSPS) is 14.7. The molecule has 210 valence electrons. The lowest BCUT2D eigenvalue weighted by atomic mass is 9.92. The summed E-state index contributed by atoms with van der Waals surface area (Å²) in [5, 5.41) is 5.08. The number of aromatic nitrogens is 1. The number of hydrogen-bond donors (Lipinski definition) is 2. The van der Waals surface area contributed by atoms with Gasteiger partial charge in [-0.1, -0.05) is 11.6 Å². The third-order valence-corrected chi connectivity index (χ3v) is 6.68. The van der Waals surface area contributed by atoms with Crippen molar-refractivity contribution in [3.63, 3.8) is 0 Å². The van der Waals surface area contributed by atoms with Crippen LogP contribution in [0.1, 0.15) is 55.6 Å². The average molecular weight is 594 g/mol. The Kier molecular flexibility index (Phi) is 7.20. The van der Waals surface area contributed by atoms with Gasteiger partial charge < -0.3 is 10.6 Å². The number of nitrogens with one attached hydrogen (secondary N) is 2. The van der Waals surface area contributed by atoms with E-state index in [2.05, 4.69) is 15.6 Å². The Labute approximate surface area is 232 Å². The lowest BCUT2D eigenvalue weighted by molar-refractivity contribution is -0.137. The van der Waals surface area contributed by atoms with Crippen molar-refractivity contribution in [2.75, 3.05) is 5.32 Å². The van der Waals surface area contributed by atoms with Gasteiger partial charge >= 0.3 is 6.18 Å². The summed E-state index contributed by atoms with van der Waals surface area (Å²) >= 11 is 6.26. The van der Waals surface area contributed by atoms with E-state index in [0.717, 1.165) is 24.4 Å². The Morgan fingerprint density at radius 1 is 0.951 bits per heavy atom. The maximum absolute atomic E-state index is 14.1. The predicted octanol–water partition coefficient (Wildman–Crippen LogP) is 7.72. The van der Waals surface area contributed by atoms with Crippen molar-refractivity contribution in [2.24, 2.45) is 0 Å². The monoisotopic (exact) mass is 593 g/mol. The van der Waals surface area contributed by atoms with Gasteiger partial charge in [0.2, 0.25) is 0 Å².